The number of ether oxygens (including phenoxy) is 1. The van der Waals surface area contributed by atoms with Gasteiger partial charge in [-0.1, -0.05) is 67.5 Å². The summed E-state index contributed by atoms with van der Waals surface area (Å²) in [6.45, 7) is 15.6. The maximum Gasteiger partial charge on any atom is 0.184 e. The quantitative estimate of drug-likeness (QED) is 0.189. The summed E-state index contributed by atoms with van der Waals surface area (Å²) < 4.78 is 6.18. The number of ketones is 4. The Bertz CT molecular complexity index is 1310. The molecule has 0 aromatic heterocycles. The number of benzene rings is 1. The Morgan fingerprint density at radius 1 is 0.868 bits per heavy atom. The van der Waals surface area contributed by atoms with Gasteiger partial charge in [0.1, 0.15) is 0 Å². The van der Waals surface area contributed by atoms with E-state index in [4.69, 9.17) is 4.74 Å². The highest BCUT2D eigenvalue weighted by Gasteiger charge is 2.88. The zero-order chi connectivity index (χ0) is 28.1. The first-order valence-corrected chi connectivity index (χ1v) is 13.8. The molecule has 0 spiro atoms. The average molecular weight is 517 g/mol. The zero-order valence-corrected chi connectivity index (χ0v) is 23.9. The Balaban J connectivity index is 1.86. The molecule has 38 heavy (non-hydrogen) atoms. The molecule has 4 saturated carbocycles. The Hall–Kier alpha value is -2.66. The third kappa shape index (κ3) is 3.08. The molecule has 0 radical (unpaired) electrons. The second kappa shape index (κ2) is 8.17. The van der Waals surface area contributed by atoms with E-state index in [1.165, 1.54) is 0 Å². The SMILES string of the molecule is CC(C)=CC[C@@]12C[C@H]3C(C4OC4(C)C)[C@@](CC=C(C)C)(C1=O)C(=O)[C@@](C(=O)c1ccccc1)(C2=O)C3(C)C. The summed E-state index contributed by atoms with van der Waals surface area (Å²) in [5.41, 5.74) is -3.94. The number of carbonyl (C=O) groups is 4. The first kappa shape index (κ1) is 26.9. The van der Waals surface area contributed by atoms with E-state index in [-0.39, 0.29) is 30.6 Å². The van der Waals surface area contributed by atoms with Crippen LogP contribution in [0.25, 0.3) is 0 Å². The van der Waals surface area contributed by atoms with Crippen molar-refractivity contribution in [3.8, 4) is 0 Å². The second-order valence-electron chi connectivity index (χ2n) is 13.7. The van der Waals surface area contributed by atoms with Gasteiger partial charge in [0, 0.05) is 11.5 Å². The number of rotatable bonds is 7. The van der Waals surface area contributed by atoms with Crippen molar-refractivity contribution in [3.63, 3.8) is 0 Å². The van der Waals surface area contributed by atoms with Crippen molar-refractivity contribution in [1.29, 1.82) is 0 Å². The molecule has 6 atom stereocenters. The van der Waals surface area contributed by atoms with Crippen molar-refractivity contribution in [3.05, 3.63) is 59.2 Å². The maximum atomic E-state index is 15.2. The van der Waals surface area contributed by atoms with Crippen LogP contribution in [0.5, 0.6) is 0 Å². The number of epoxide rings is 1. The molecule has 4 aliphatic carbocycles. The fraction of sp³-hybridized carbons (Fsp3) is 0.576. The van der Waals surface area contributed by atoms with E-state index < -0.39 is 50.5 Å². The zero-order valence-electron chi connectivity index (χ0n) is 23.9. The first-order chi connectivity index (χ1) is 17.6. The molecule has 5 heteroatoms. The van der Waals surface area contributed by atoms with Crippen LogP contribution in [0.4, 0.5) is 0 Å². The minimum atomic E-state index is -1.92. The van der Waals surface area contributed by atoms with Crippen LogP contribution in [0.2, 0.25) is 0 Å². The molecule has 2 unspecified atom stereocenters. The van der Waals surface area contributed by atoms with Crippen molar-refractivity contribution >= 4 is 23.1 Å². The van der Waals surface area contributed by atoms with Crippen LogP contribution in [0, 0.1) is 33.5 Å². The number of Topliss-reactive ketones (excluding diaryl/α,β-unsaturated/α-hetero) is 4. The molecular formula is C33H40O5. The smallest absolute Gasteiger partial charge is 0.184 e. The fourth-order valence-corrected chi connectivity index (χ4v) is 8.24. The Morgan fingerprint density at radius 3 is 1.95 bits per heavy atom. The van der Waals surface area contributed by atoms with E-state index in [0.29, 0.717) is 12.0 Å². The molecule has 5 nitrogen and oxygen atoms in total. The van der Waals surface area contributed by atoms with Crippen LogP contribution >= 0.6 is 0 Å². The predicted octanol–water partition coefficient (Wildman–Crippen LogP) is 6.12. The van der Waals surface area contributed by atoms with E-state index in [2.05, 4.69) is 0 Å². The number of hydrogen-bond donors (Lipinski definition) is 0. The molecule has 0 amide bonds. The van der Waals surface area contributed by atoms with Crippen molar-refractivity contribution in [2.45, 2.75) is 86.4 Å². The van der Waals surface area contributed by atoms with Crippen LogP contribution in [0.1, 0.15) is 85.0 Å². The van der Waals surface area contributed by atoms with Crippen LogP contribution in [0.3, 0.4) is 0 Å². The lowest BCUT2D eigenvalue weighted by atomic mass is 9.26. The largest absolute Gasteiger partial charge is 0.366 e. The van der Waals surface area contributed by atoms with Gasteiger partial charge in [0.05, 0.1) is 22.5 Å². The lowest BCUT2D eigenvalue weighted by molar-refractivity contribution is -0.215. The maximum absolute atomic E-state index is 15.2. The molecule has 1 aliphatic heterocycles. The highest BCUT2D eigenvalue weighted by Crippen LogP contribution is 2.77. The van der Waals surface area contributed by atoms with Gasteiger partial charge < -0.3 is 4.74 Å². The van der Waals surface area contributed by atoms with Crippen molar-refractivity contribution < 1.29 is 23.9 Å². The number of hydrogen-bond acceptors (Lipinski definition) is 5. The van der Waals surface area contributed by atoms with Gasteiger partial charge in [-0.25, -0.2) is 0 Å². The summed E-state index contributed by atoms with van der Waals surface area (Å²) in [5, 5.41) is 0. The standard InChI is InChI=1S/C33H40O5/c1-19(2)14-16-31-18-22-23(25-30(7,8)38-25)32(26(31)35,17-15-20(3)4)28(37)33(27(31)36,29(22,5)6)24(34)21-12-10-9-11-13-21/h9-15,22-23,25H,16-18H2,1-8H3/t22-,23?,25?,31+,32-,33+/m0/s1. The molecule has 1 aromatic rings. The van der Waals surface area contributed by atoms with Crippen LogP contribution < -0.4 is 0 Å². The lowest BCUT2D eigenvalue weighted by Crippen LogP contribution is -2.84. The summed E-state index contributed by atoms with van der Waals surface area (Å²) in [5.74, 6) is -2.37. The van der Waals surface area contributed by atoms with Crippen LogP contribution in [0.15, 0.2) is 53.6 Å². The highest BCUT2D eigenvalue weighted by molar-refractivity contribution is 6.42. The second-order valence-corrected chi connectivity index (χ2v) is 13.7. The van der Waals surface area contributed by atoms with Gasteiger partial charge in [0.25, 0.3) is 0 Å². The van der Waals surface area contributed by atoms with Gasteiger partial charge in [-0.3, -0.25) is 19.2 Å². The van der Waals surface area contributed by atoms with Crippen molar-refractivity contribution in [1.82, 2.24) is 0 Å². The van der Waals surface area contributed by atoms with Gasteiger partial charge in [-0.15, -0.1) is 0 Å². The molecule has 5 aliphatic rings. The topological polar surface area (TPSA) is 80.8 Å². The van der Waals surface area contributed by atoms with E-state index >= 15 is 4.79 Å². The summed E-state index contributed by atoms with van der Waals surface area (Å²) in [4.78, 5) is 59.5. The lowest BCUT2D eigenvalue weighted by Gasteiger charge is -2.71. The Morgan fingerprint density at radius 2 is 1.42 bits per heavy atom. The Kier molecular flexibility index (Phi) is 5.79. The van der Waals surface area contributed by atoms with E-state index in [1.54, 1.807) is 24.3 Å². The van der Waals surface area contributed by atoms with Crippen molar-refractivity contribution in [2.75, 3.05) is 0 Å². The molecule has 6 rings (SSSR count). The molecule has 4 bridgehead atoms. The first-order valence-electron chi connectivity index (χ1n) is 13.8. The molecule has 1 heterocycles. The minimum Gasteiger partial charge on any atom is -0.366 e. The molecular weight excluding hydrogens is 476 g/mol. The summed E-state index contributed by atoms with van der Waals surface area (Å²) in [6.07, 6.45) is 4.34. The molecule has 0 N–H and O–H groups in total. The average Bonchev–Trinajstić information content (AvgIpc) is 3.48. The van der Waals surface area contributed by atoms with E-state index in [1.807, 2.05) is 73.6 Å². The fourth-order valence-electron chi connectivity index (χ4n) is 8.24. The highest BCUT2D eigenvalue weighted by atomic mass is 16.6. The van der Waals surface area contributed by atoms with Gasteiger partial charge in [0.15, 0.2) is 28.5 Å². The van der Waals surface area contributed by atoms with E-state index in [0.717, 1.165) is 11.1 Å². The minimum absolute atomic E-state index is 0.188. The third-order valence-corrected chi connectivity index (χ3v) is 10.3. The van der Waals surface area contributed by atoms with Crippen LogP contribution in [-0.2, 0) is 19.1 Å². The summed E-state index contributed by atoms with van der Waals surface area (Å²) in [7, 11) is 0. The third-order valence-electron chi connectivity index (χ3n) is 10.3. The molecule has 1 aromatic carbocycles. The molecule has 1 saturated heterocycles. The predicted molar refractivity (Wildman–Crippen MR) is 146 cm³/mol. The normalized spacial score (nSPS) is 37.7. The number of allylic oxidation sites excluding steroid dienone is 4. The van der Waals surface area contributed by atoms with Gasteiger partial charge in [0.2, 0.25) is 0 Å². The van der Waals surface area contributed by atoms with Gasteiger partial charge in [-0.2, -0.15) is 0 Å². The van der Waals surface area contributed by atoms with Gasteiger partial charge >= 0.3 is 0 Å². The molecule has 202 valence electrons. The summed E-state index contributed by atoms with van der Waals surface area (Å²) in [6, 6.07) is 8.67. The summed E-state index contributed by atoms with van der Waals surface area (Å²) >= 11 is 0. The van der Waals surface area contributed by atoms with Gasteiger partial charge in [-0.05, 0) is 72.1 Å². The Labute approximate surface area is 226 Å². The number of carbonyl (C=O) groups excluding carboxylic acids is 4. The molecule has 5 fully saturated rings. The monoisotopic (exact) mass is 516 g/mol. The van der Waals surface area contributed by atoms with Crippen LogP contribution in [-0.4, -0.2) is 34.8 Å². The van der Waals surface area contributed by atoms with E-state index in [9.17, 15) is 14.4 Å². The van der Waals surface area contributed by atoms with Crippen molar-refractivity contribution in [2.24, 2.45) is 33.5 Å².